The standard InChI is InChI=1S/C21H23F2N7O/c1-12-7-26-13(2)19(12)28-20-27-11-30(17-6-16(24)8-25-9-17)21(31)29(20)10-14-3-4-15(22)5-18(14)23/h3-6,8-9,14,18-19,26H,1-2,7,10-11,24H2,(H,27,28). The number of allylic oxidation sites excluding steroid dienone is 3. The van der Waals surface area contributed by atoms with Gasteiger partial charge in [-0.15, -0.1) is 0 Å². The summed E-state index contributed by atoms with van der Waals surface area (Å²) in [7, 11) is 0. The molecule has 0 radical (unpaired) electrons. The molecule has 1 saturated heterocycles. The normalized spacial score (nSPS) is 26.0. The maximum Gasteiger partial charge on any atom is 0.332 e. The molecule has 31 heavy (non-hydrogen) atoms. The zero-order valence-electron chi connectivity index (χ0n) is 16.8. The Hall–Kier alpha value is -3.69. The summed E-state index contributed by atoms with van der Waals surface area (Å²) in [6.07, 6.45) is 4.92. The number of carbonyl (C=O) groups is 1. The second kappa shape index (κ2) is 8.21. The number of halogens is 2. The number of amides is 2. The molecular formula is C21H23F2N7O. The zero-order chi connectivity index (χ0) is 22.1. The lowest BCUT2D eigenvalue weighted by atomic mass is 9.98. The molecule has 3 atom stereocenters. The number of guanidine groups is 1. The molecule has 4 rings (SSSR count). The van der Waals surface area contributed by atoms with Crippen LogP contribution in [0.1, 0.15) is 0 Å². The average molecular weight is 427 g/mol. The minimum absolute atomic E-state index is 0.0238. The molecule has 10 heteroatoms. The molecule has 2 amide bonds. The highest BCUT2D eigenvalue weighted by molar-refractivity contribution is 6.06. The smallest absolute Gasteiger partial charge is 0.332 e. The fraction of sp³-hybridized carbons (Fsp3) is 0.286. The van der Waals surface area contributed by atoms with Gasteiger partial charge in [0.2, 0.25) is 5.96 Å². The van der Waals surface area contributed by atoms with Crippen LogP contribution in [0.4, 0.5) is 25.0 Å². The van der Waals surface area contributed by atoms with E-state index in [0.717, 1.165) is 11.6 Å². The Labute approximate surface area is 178 Å². The van der Waals surface area contributed by atoms with Crippen LogP contribution >= 0.6 is 0 Å². The van der Waals surface area contributed by atoms with Gasteiger partial charge in [0.25, 0.3) is 0 Å². The van der Waals surface area contributed by atoms with Crippen LogP contribution in [0.25, 0.3) is 0 Å². The molecule has 1 fully saturated rings. The van der Waals surface area contributed by atoms with Gasteiger partial charge in [-0.25, -0.2) is 18.6 Å². The number of urea groups is 1. The Kier molecular flexibility index (Phi) is 5.45. The maximum atomic E-state index is 14.5. The van der Waals surface area contributed by atoms with Crippen molar-refractivity contribution in [2.45, 2.75) is 12.2 Å². The van der Waals surface area contributed by atoms with Gasteiger partial charge in [0.1, 0.15) is 18.7 Å². The van der Waals surface area contributed by atoms with E-state index in [0.29, 0.717) is 23.6 Å². The molecule has 0 saturated carbocycles. The van der Waals surface area contributed by atoms with Gasteiger partial charge in [-0.2, -0.15) is 0 Å². The van der Waals surface area contributed by atoms with Crippen LogP contribution in [0, 0.1) is 5.92 Å². The molecule has 4 N–H and O–H groups in total. The number of rotatable bonds is 4. The number of anilines is 2. The summed E-state index contributed by atoms with van der Waals surface area (Å²) in [6.45, 7) is 8.50. The Morgan fingerprint density at radius 1 is 1.35 bits per heavy atom. The molecule has 1 aromatic rings. The van der Waals surface area contributed by atoms with E-state index in [1.807, 2.05) is 0 Å². The SMILES string of the molecule is C=C1CNC(=C)C1NC1=NCN(c2cncc(N)c2)C(=O)N1CC1C=CC(F)=CC1F. The second-order valence-corrected chi connectivity index (χ2v) is 7.55. The molecule has 2 aliphatic heterocycles. The summed E-state index contributed by atoms with van der Waals surface area (Å²) in [5.41, 5.74) is 8.21. The van der Waals surface area contributed by atoms with E-state index in [9.17, 15) is 13.6 Å². The molecule has 3 aliphatic rings. The summed E-state index contributed by atoms with van der Waals surface area (Å²) >= 11 is 0. The van der Waals surface area contributed by atoms with Gasteiger partial charge >= 0.3 is 6.03 Å². The molecule has 0 spiro atoms. The first-order valence-electron chi connectivity index (χ1n) is 9.74. The molecule has 3 heterocycles. The minimum Gasteiger partial charge on any atom is -0.397 e. The van der Waals surface area contributed by atoms with Gasteiger partial charge in [-0.3, -0.25) is 14.8 Å². The van der Waals surface area contributed by atoms with Gasteiger partial charge in [-0.1, -0.05) is 19.2 Å². The van der Waals surface area contributed by atoms with Gasteiger partial charge in [0.15, 0.2) is 0 Å². The zero-order valence-corrected chi connectivity index (χ0v) is 16.8. The summed E-state index contributed by atoms with van der Waals surface area (Å²) < 4.78 is 27.8. The van der Waals surface area contributed by atoms with Crippen molar-refractivity contribution in [3.8, 4) is 0 Å². The van der Waals surface area contributed by atoms with Crippen LogP contribution in [0.5, 0.6) is 0 Å². The van der Waals surface area contributed by atoms with Crippen molar-refractivity contribution in [1.82, 2.24) is 20.5 Å². The van der Waals surface area contributed by atoms with Crippen LogP contribution in [0.15, 0.2) is 71.9 Å². The average Bonchev–Trinajstić information content (AvgIpc) is 3.04. The number of hydrogen-bond donors (Lipinski definition) is 3. The molecule has 1 aliphatic carbocycles. The largest absolute Gasteiger partial charge is 0.397 e. The number of nitrogens with two attached hydrogens (primary N) is 1. The number of alkyl halides is 1. The van der Waals surface area contributed by atoms with Crippen LogP contribution in [-0.4, -0.2) is 53.8 Å². The highest BCUT2D eigenvalue weighted by Gasteiger charge is 2.36. The number of pyridine rings is 1. The topological polar surface area (TPSA) is 98.9 Å². The summed E-state index contributed by atoms with van der Waals surface area (Å²) in [6, 6.07) is 0.857. The number of nitrogens with one attached hydrogen (secondary N) is 2. The van der Waals surface area contributed by atoms with Crippen LogP contribution in [-0.2, 0) is 0 Å². The van der Waals surface area contributed by atoms with Crippen molar-refractivity contribution < 1.29 is 13.6 Å². The van der Waals surface area contributed by atoms with Crippen molar-refractivity contribution in [3.05, 3.63) is 66.9 Å². The predicted molar refractivity (Wildman–Crippen MR) is 115 cm³/mol. The molecular weight excluding hydrogens is 404 g/mol. The van der Waals surface area contributed by atoms with E-state index in [-0.39, 0.29) is 25.2 Å². The van der Waals surface area contributed by atoms with E-state index in [4.69, 9.17) is 5.73 Å². The third-order valence-electron chi connectivity index (χ3n) is 5.33. The van der Waals surface area contributed by atoms with E-state index in [2.05, 4.69) is 33.8 Å². The number of nitrogen functional groups attached to an aromatic ring is 1. The molecule has 3 unspecified atom stereocenters. The molecule has 8 nitrogen and oxygen atoms in total. The number of aliphatic imine (C=N–C) groups is 1. The number of hydrogen-bond acceptors (Lipinski definition) is 6. The lowest BCUT2D eigenvalue weighted by Crippen LogP contribution is -2.58. The maximum absolute atomic E-state index is 14.5. The minimum atomic E-state index is -1.57. The first kappa shape index (κ1) is 20.6. The summed E-state index contributed by atoms with van der Waals surface area (Å²) in [5.74, 6) is -1.11. The Bertz CT molecular complexity index is 1000. The van der Waals surface area contributed by atoms with Crippen LogP contribution in [0.2, 0.25) is 0 Å². The van der Waals surface area contributed by atoms with E-state index in [1.54, 1.807) is 6.07 Å². The number of carbonyl (C=O) groups excluding carboxylic acids is 1. The third-order valence-corrected chi connectivity index (χ3v) is 5.33. The van der Waals surface area contributed by atoms with Crippen molar-refractivity contribution in [1.29, 1.82) is 0 Å². The molecule has 162 valence electrons. The first-order chi connectivity index (χ1) is 14.8. The summed E-state index contributed by atoms with van der Waals surface area (Å²) in [5, 5.41) is 6.29. The van der Waals surface area contributed by atoms with Crippen molar-refractivity contribution in [2.75, 3.05) is 30.4 Å². The lowest BCUT2D eigenvalue weighted by molar-refractivity contribution is 0.210. The Morgan fingerprint density at radius 2 is 2.16 bits per heavy atom. The van der Waals surface area contributed by atoms with Gasteiger partial charge in [0, 0.05) is 30.9 Å². The summed E-state index contributed by atoms with van der Waals surface area (Å²) in [4.78, 5) is 24.7. The van der Waals surface area contributed by atoms with Crippen molar-refractivity contribution >= 4 is 23.4 Å². The monoisotopic (exact) mass is 427 g/mol. The van der Waals surface area contributed by atoms with E-state index in [1.165, 1.54) is 34.3 Å². The molecule has 1 aromatic heterocycles. The highest BCUT2D eigenvalue weighted by Crippen LogP contribution is 2.26. The molecule has 0 bridgehead atoms. The fourth-order valence-electron chi connectivity index (χ4n) is 3.61. The quantitative estimate of drug-likeness (QED) is 0.640. The van der Waals surface area contributed by atoms with Crippen molar-refractivity contribution in [3.63, 3.8) is 0 Å². The highest BCUT2D eigenvalue weighted by atomic mass is 19.1. The Balaban J connectivity index is 1.63. The third kappa shape index (κ3) is 4.14. The number of aromatic nitrogens is 1. The van der Waals surface area contributed by atoms with E-state index < -0.39 is 23.9 Å². The Morgan fingerprint density at radius 3 is 2.84 bits per heavy atom. The fourth-order valence-corrected chi connectivity index (χ4v) is 3.61. The lowest BCUT2D eigenvalue weighted by Gasteiger charge is -2.37. The van der Waals surface area contributed by atoms with Gasteiger partial charge in [-0.05, 0) is 23.8 Å². The van der Waals surface area contributed by atoms with Crippen molar-refractivity contribution in [2.24, 2.45) is 10.9 Å². The van der Waals surface area contributed by atoms with Crippen LogP contribution in [0.3, 0.4) is 0 Å². The van der Waals surface area contributed by atoms with E-state index >= 15 is 0 Å². The first-order valence-corrected chi connectivity index (χ1v) is 9.74. The molecule has 0 aromatic carbocycles. The second-order valence-electron chi connectivity index (χ2n) is 7.55. The van der Waals surface area contributed by atoms with Gasteiger partial charge in [0.05, 0.1) is 23.6 Å². The number of nitrogens with zero attached hydrogens (tertiary/aromatic N) is 4. The predicted octanol–water partition coefficient (Wildman–Crippen LogP) is 2.23. The van der Waals surface area contributed by atoms with Crippen LogP contribution < -0.4 is 21.3 Å². The van der Waals surface area contributed by atoms with Gasteiger partial charge < -0.3 is 16.4 Å².